The maximum absolute atomic E-state index is 12.4. The normalized spacial score (nSPS) is 11.8. The molecule has 1 rings (SSSR count). The summed E-state index contributed by atoms with van der Waals surface area (Å²) in [5, 5.41) is 0.865. The lowest BCUT2D eigenvalue weighted by atomic mass is 10.1. The van der Waals surface area contributed by atoms with Gasteiger partial charge in [0, 0.05) is 10.2 Å². The third kappa shape index (κ3) is 5.34. The van der Waals surface area contributed by atoms with Crippen molar-refractivity contribution < 1.29 is 13.2 Å². The molecular formula is C12H14BrF3S. The van der Waals surface area contributed by atoms with Gasteiger partial charge in [-0.15, -0.1) is 0 Å². The van der Waals surface area contributed by atoms with Crippen molar-refractivity contribution in [1.29, 1.82) is 0 Å². The summed E-state index contributed by atoms with van der Waals surface area (Å²) < 4.78 is 37.2. The fourth-order valence-corrected chi connectivity index (χ4v) is 2.62. The summed E-state index contributed by atoms with van der Waals surface area (Å²) in [6, 6.07) is 5.39. The molecule has 0 aromatic heterocycles. The van der Waals surface area contributed by atoms with Gasteiger partial charge >= 0.3 is 5.51 Å². The van der Waals surface area contributed by atoms with Gasteiger partial charge in [0.25, 0.3) is 0 Å². The molecule has 0 nitrogen and oxygen atoms in total. The zero-order chi connectivity index (χ0) is 12.9. The molecule has 0 saturated heterocycles. The van der Waals surface area contributed by atoms with Gasteiger partial charge in [-0.1, -0.05) is 35.0 Å². The van der Waals surface area contributed by atoms with Crippen molar-refractivity contribution in [3.8, 4) is 0 Å². The van der Waals surface area contributed by atoms with Crippen LogP contribution in [0.5, 0.6) is 0 Å². The average Bonchev–Trinajstić information content (AvgIpc) is 2.24. The third-order valence-electron chi connectivity index (χ3n) is 2.34. The van der Waals surface area contributed by atoms with Crippen molar-refractivity contribution in [3.05, 3.63) is 29.3 Å². The molecule has 0 atom stereocenters. The Balaban J connectivity index is 2.90. The number of alkyl halides is 4. The van der Waals surface area contributed by atoms with E-state index < -0.39 is 5.51 Å². The zero-order valence-electron chi connectivity index (χ0n) is 9.48. The van der Waals surface area contributed by atoms with E-state index in [1.54, 1.807) is 12.1 Å². The van der Waals surface area contributed by atoms with Crippen LogP contribution in [-0.4, -0.2) is 10.8 Å². The van der Waals surface area contributed by atoms with Gasteiger partial charge < -0.3 is 0 Å². The molecule has 0 bridgehead atoms. The minimum Gasteiger partial charge on any atom is -0.160 e. The molecule has 0 N–H and O–H groups in total. The monoisotopic (exact) mass is 326 g/mol. The average molecular weight is 327 g/mol. The molecule has 0 radical (unpaired) electrons. The number of thioether (sulfide) groups is 1. The third-order valence-corrected chi connectivity index (χ3v) is 3.73. The standard InChI is InChI=1S/C12H14BrF3S/c1-2-10-6-5-9(4-3-7-13)8-11(10)17-12(14,15)16/h5-6,8H,2-4,7H2,1H3. The van der Waals surface area contributed by atoms with Crippen LogP contribution in [0.1, 0.15) is 24.5 Å². The van der Waals surface area contributed by atoms with E-state index in [1.807, 2.05) is 13.0 Å². The first-order chi connectivity index (χ1) is 7.96. The van der Waals surface area contributed by atoms with Crippen molar-refractivity contribution in [2.45, 2.75) is 36.6 Å². The minimum absolute atomic E-state index is 0.0121. The van der Waals surface area contributed by atoms with E-state index >= 15 is 0 Å². The lowest BCUT2D eigenvalue weighted by molar-refractivity contribution is -0.0328. The van der Waals surface area contributed by atoms with E-state index in [1.165, 1.54) is 0 Å². The minimum atomic E-state index is -4.21. The van der Waals surface area contributed by atoms with Crippen LogP contribution in [0, 0.1) is 0 Å². The molecule has 1 aromatic rings. The fraction of sp³-hybridized carbons (Fsp3) is 0.500. The molecule has 96 valence electrons. The van der Waals surface area contributed by atoms with E-state index in [2.05, 4.69) is 15.9 Å². The van der Waals surface area contributed by atoms with Crippen LogP contribution in [0.2, 0.25) is 0 Å². The SMILES string of the molecule is CCc1ccc(CCCBr)cc1SC(F)(F)F. The maximum atomic E-state index is 12.4. The van der Waals surface area contributed by atoms with E-state index in [9.17, 15) is 13.2 Å². The molecule has 0 aliphatic carbocycles. The number of halogens is 4. The molecule has 1 aromatic carbocycles. The van der Waals surface area contributed by atoms with Crippen LogP contribution in [-0.2, 0) is 12.8 Å². The second kappa shape index (κ2) is 6.69. The van der Waals surface area contributed by atoms with Gasteiger partial charge in [0.2, 0.25) is 0 Å². The lowest BCUT2D eigenvalue weighted by Gasteiger charge is -2.11. The predicted molar refractivity (Wildman–Crippen MR) is 69.8 cm³/mol. The highest BCUT2D eigenvalue weighted by molar-refractivity contribution is 9.09. The second-order valence-corrected chi connectivity index (χ2v) is 5.54. The highest BCUT2D eigenvalue weighted by atomic mass is 79.9. The van der Waals surface area contributed by atoms with Crippen molar-refractivity contribution in [2.75, 3.05) is 5.33 Å². The first-order valence-corrected chi connectivity index (χ1v) is 7.33. The molecule has 5 heteroatoms. The molecular weight excluding hydrogens is 313 g/mol. The fourth-order valence-electron chi connectivity index (χ4n) is 1.54. The van der Waals surface area contributed by atoms with Crippen LogP contribution in [0.15, 0.2) is 23.1 Å². The second-order valence-electron chi connectivity index (χ2n) is 3.64. The summed E-state index contributed by atoms with van der Waals surface area (Å²) in [5.74, 6) is 0. The Hall–Kier alpha value is -0.160. The summed E-state index contributed by atoms with van der Waals surface area (Å²) in [4.78, 5) is 0.340. The molecule has 0 fully saturated rings. The van der Waals surface area contributed by atoms with E-state index in [0.717, 1.165) is 29.3 Å². The predicted octanol–water partition coefficient (Wildman–Crippen LogP) is 5.19. The van der Waals surface area contributed by atoms with Crippen LogP contribution in [0.3, 0.4) is 0 Å². The Morgan fingerprint density at radius 1 is 1.29 bits per heavy atom. The maximum Gasteiger partial charge on any atom is 0.446 e. The Morgan fingerprint density at radius 3 is 2.53 bits per heavy atom. The smallest absolute Gasteiger partial charge is 0.160 e. The summed E-state index contributed by atoms with van der Waals surface area (Å²) >= 11 is 3.30. The molecule has 0 amide bonds. The van der Waals surface area contributed by atoms with Crippen molar-refractivity contribution >= 4 is 27.7 Å². The first kappa shape index (κ1) is 14.9. The highest BCUT2D eigenvalue weighted by Gasteiger charge is 2.30. The van der Waals surface area contributed by atoms with E-state index in [-0.39, 0.29) is 11.8 Å². The van der Waals surface area contributed by atoms with Crippen LogP contribution < -0.4 is 0 Å². The lowest BCUT2D eigenvalue weighted by Crippen LogP contribution is -2.01. The summed E-state index contributed by atoms with van der Waals surface area (Å²) in [6.45, 7) is 1.87. The molecule has 0 aliphatic rings. The molecule has 0 unspecified atom stereocenters. The Bertz CT molecular complexity index is 363. The molecule has 0 spiro atoms. The largest absolute Gasteiger partial charge is 0.446 e. The Kier molecular flexibility index (Phi) is 5.86. The zero-order valence-corrected chi connectivity index (χ0v) is 11.9. The highest BCUT2D eigenvalue weighted by Crippen LogP contribution is 2.39. The van der Waals surface area contributed by atoms with Crippen LogP contribution in [0.25, 0.3) is 0 Å². The molecule has 0 heterocycles. The van der Waals surface area contributed by atoms with Gasteiger partial charge in [0.1, 0.15) is 0 Å². The Morgan fingerprint density at radius 2 is 2.00 bits per heavy atom. The molecule has 17 heavy (non-hydrogen) atoms. The van der Waals surface area contributed by atoms with Crippen LogP contribution in [0.4, 0.5) is 13.2 Å². The number of aryl methyl sites for hydroxylation is 2. The van der Waals surface area contributed by atoms with Crippen LogP contribution >= 0.6 is 27.7 Å². The number of rotatable bonds is 5. The van der Waals surface area contributed by atoms with Gasteiger partial charge in [-0.2, -0.15) is 13.2 Å². The van der Waals surface area contributed by atoms with E-state index in [4.69, 9.17) is 0 Å². The quantitative estimate of drug-likeness (QED) is 0.530. The van der Waals surface area contributed by atoms with Crippen molar-refractivity contribution in [1.82, 2.24) is 0 Å². The molecule has 0 saturated carbocycles. The van der Waals surface area contributed by atoms with Gasteiger partial charge in [-0.3, -0.25) is 0 Å². The van der Waals surface area contributed by atoms with Gasteiger partial charge in [-0.25, -0.2) is 0 Å². The van der Waals surface area contributed by atoms with Gasteiger partial charge in [0.15, 0.2) is 0 Å². The Labute approximate surface area is 112 Å². The first-order valence-electron chi connectivity index (χ1n) is 5.39. The van der Waals surface area contributed by atoms with Gasteiger partial charge in [-0.05, 0) is 48.2 Å². The summed E-state index contributed by atoms with van der Waals surface area (Å²) in [7, 11) is 0. The number of hydrogen-bond acceptors (Lipinski definition) is 1. The molecule has 0 aliphatic heterocycles. The number of benzene rings is 1. The topological polar surface area (TPSA) is 0 Å². The summed E-state index contributed by atoms with van der Waals surface area (Å²) in [6.07, 6.45) is 2.36. The van der Waals surface area contributed by atoms with Crippen molar-refractivity contribution in [3.63, 3.8) is 0 Å². The van der Waals surface area contributed by atoms with E-state index in [0.29, 0.717) is 11.3 Å². The van der Waals surface area contributed by atoms with Gasteiger partial charge in [0.05, 0.1) is 0 Å². The summed E-state index contributed by atoms with van der Waals surface area (Å²) in [5.41, 5.74) is -2.49. The number of hydrogen-bond donors (Lipinski definition) is 0. The van der Waals surface area contributed by atoms with Crippen molar-refractivity contribution in [2.24, 2.45) is 0 Å².